The Hall–Kier alpha value is -3.88. The Bertz CT molecular complexity index is 1210. The third-order valence-corrected chi connectivity index (χ3v) is 5.29. The van der Waals surface area contributed by atoms with Gasteiger partial charge in [0.25, 0.3) is 0 Å². The van der Waals surface area contributed by atoms with Crippen molar-refractivity contribution in [3.63, 3.8) is 0 Å². The van der Waals surface area contributed by atoms with Gasteiger partial charge in [0.2, 0.25) is 0 Å². The predicted molar refractivity (Wildman–Crippen MR) is 112 cm³/mol. The highest BCUT2D eigenvalue weighted by Gasteiger charge is 2.26. The number of imidazole rings is 1. The molecule has 0 spiro atoms. The summed E-state index contributed by atoms with van der Waals surface area (Å²) in [5.41, 5.74) is 2.59. The summed E-state index contributed by atoms with van der Waals surface area (Å²) >= 11 is 0. The van der Waals surface area contributed by atoms with Crippen molar-refractivity contribution in [2.45, 2.75) is 13.5 Å². The smallest absolute Gasteiger partial charge is 0.324 e. The fourth-order valence-corrected chi connectivity index (χ4v) is 3.62. The molecule has 2 amide bonds. The van der Waals surface area contributed by atoms with Gasteiger partial charge in [-0.2, -0.15) is 0 Å². The molecule has 0 aliphatic carbocycles. The zero-order valence-corrected chi connectivity index (χ0v) is 16.8. The Labute approximate surface area is 173 Å². The van der Waals surface area contributed by atoms with Crippen molar-refractivity contribution in [3.8, 4) is 22.9 Å². The van der Waals surface area contributed by atoms with E-state index >= 15 is 0 Å². The van der Waals surface area contributed by atoms with Crippen LogP contribution in [0.2, 0.25) is 0 Å². The van der Waals surface area contributed by atoms with Crippen LogP contribution in [0, 0.1) is 0 Å². The largest absolute Gasteiger partial charge is 0.455 e. The Kier molecular flexibility index (Phi) is 4.35. The van der Waals surface area contributed by atoms with Gasteiger partial charge in [0.1, 0.15) is 17.6 Å². The molecule has 0 atom stereocenters. The van der Waals surface area contributed by atoms with Gasteiger partial charge in [-0.15, -0.1) is 10.2 Å². The number of pyridine rings is 1. The minimum Gasteiger partial charge on any atom is -0.455 e. The van der Waals surface area contributed by atoms with Gasteiger partial charge >= 0.3 is 6.03 Å². The van der Waals surface area contributed by atoms with Crippen LogP contribution in [-0.4, -0.2) is 55.2 Å². The molecule has 4 heterocycles. The number of benzene rings is 1. The van der Waals surface area contributed by atoms with Crippen LogP contribution in [0.25, 0.3) is 16.9 Å². The van der Waals surface area contributed by atoms with E-state index in [0.29, 0.717) is 18.0 Å². The number of urea groups is 1. The number of ether oxygens (including phenoxy) is 1. The summed E-state index contributed by atoms with van der Waals surface area (Å²) < 4.78 is 10.1. The predicted octanol–water partition coefficient (Wildman–Crippen LogP) is 3.28. The van der Waals surface area contributed by atoms with Crippen molar-refractivity contribution >= 4 is 17.2 Å². The molecule has 1 aliphatic heterocycles. The molecule has 1 aromatic carbocycles. The first-order valence-electron chi connectivity index (χ1n) is 9.78. The maximum Gasteiger partial charge on any atom is 0.324 e. The molecule has 30 heavy (non-hydrogen) atoms. The average Bonchev–Trinajstić information content (AvgIpc) is 3.49. The topological polar surface area (TPSA) is 80.8 Å². The number of likely N-dealkylation sites (N-methyl/N-ethyl adjacent to an activating group) is 1. The first kappa shape index (κ1) is 18.2. The van der Waals surface area contributed by atoms with E-state index in [-0.39, 0.29) is 6.03 Å². The molecule has 9 heteroatoms. The monoisotopic (exact) mass is 403 g/mol. The van der Waals surface area contributed by atoms with Crippen LogP contribution in [0.15, 0.2) is 55.4 Å². The SMILES string of the molecule is CCn1cnnc1-c1cc(Oc2ccc(N3CCN(C)C3=O)cc2)c2cncn2c1. The number of carbonyl (C=O) groups excluding carboxylic acids is 1. The van der Waals surface area contributed by atoms with Crippen LogP contribution < -0.4 is 9.64 Å². The lowest BCUT2D eigenvalue weighted by atomic mass is 10.2. The van der Waals surface area contributed by atoms with Crippen molar-refractivity contribution in [3.05, 3.63) is 55.4 Å². The van der Waals surface area contributed by atoms with E-state index in [9.17, 15) is 4.79 Å². The van der Waals surface area contributed by atoms with Crippen LogP contribution in [-0.2, 0) is 6.54 Å². The van der Waals surface area contributed by atoms with E-state index < -0.39 is 0 Å². The molecule has 5 rings (SSSR count). The van der Waals surface area contributed by atoms with E-state index in [1.165, 1.54) is 0 Å². The standard InChI is InChI=1S/C21H21N7O2/c1-3-26-14-23-24-20(26)15-10-19(18-11-22-13-27(18)12-15)30-17-6-4-16(5-7-17)28-9-8-25(2)21(28)29/h4-7,10-14H,3,8-9H2,1-2H3. The third-order valence-electron chi connectivity index (χ3n) is 5.29. The highest BCUT2D eigenvalue weighted by Crippen LogP contribution is 2.32. The molecule has 1 aliphatic rings. The quantitative estimate of drug-likeness (QED) is 0.511. The number of aromatic nitrogens is 5. The fourth-order valence-electron chi connectivity index (χ4n) is 3.62. The van der Waals surface area contributed by atoms with Gasteiger partial charge in [-0.05, 0) is 37.3 Å². The Morgan fingerprint density at radius 2 is 1.97 bits per heavy atom. The van der Waals surface area contributed by atoms with Crippen LogP contribution in [0.4, 0.5) is 10.5 Å². The highest BCUT2D eigenvalue weighted by molar-refractivity contribution is 5.93. The minimum absolute atomic E-state index is 0.0115. The lowest BCUT2D eigenvalue weighted by Gasteiger charge is -2.16. The summed E-state index contributed by atoms with van der Waals surface area (Å²) in [5.74, 6) is 2.11. The molecule has 152 valence electrons. The second kappa shape index (κ2) is 7.18. The fraction of sp³-hybridized carbons (Fsp3) is 0.238. The molecule has 9 nitrogen and oxygen atoms in total. The summed E-state index contributed by atoms with van der Waals surface area (Å²) in [6.07, 6.45) is 7.17. The average molecular weight is 403 g/mol. The molecule has 0 saturated carbocycles. The summed E-state index contributed by atoms with van der Waals surface area (Å²) in [5, 5.41) is 8.27. The Balaban J connectivity index is 1.46. The molecular weight excluding hydrogens is 382 g/mol. The van der Waals surface area contributed by atoms with Gasteiger partial charge in [0, 0.05) is 44.1 Å². The van der Waals surface area contributed by atoms with E-state index in [2.05, 4.69) is 15.2 Å². The zero-order valence-electron chi connectivity index (χ0n) is 16.8. The number of carbonyl (C=O) groups is 1. The normalized spacial score (nSPS) is 14.1. The van der Waals surface area contributed by atoms with Crippen molar-refractivity contribution in [2.24, 2.45) is 0 Å². The van der Waals surface area contributed by atoms with Gasteiger partial charge in [-0.1, -0.05) is 0 Å². The van der Waals surface area contributed by atoms with E-state index in [1.807, 2.05) is 59.5 Å². The number of hydrogen-bond acceptors (Lipinski definition) is 5. The number of nitrogens with zero attached hydrogens (tertiary/aromatic N) is 7. The number of aryl methyl sites for hydroxylation is 1. The second-order valence-electron chi connectivity index (χ2n) is 7.17. The van der Waals surface area contributed by atoms with E-state index in [4.69, 9.17) is 4.74 Å². The molecule has 1 fully saturated rings. The van der Waals surface area contributed by atoms with Crippen molar-refractivity contribution in [2.75, 3.05) is 25.0 Å². The van der Waals surface area contributed by atoms with Crippen molar-refractivity contribution < 1.29 is 9.53 Å². The molecule has 0 radical (unpaired) electrons. The zero-order chi connectivity index (χ0) is 20.7. The summed E-state index contributed by atoms with van der Waals surface area (Å²) in [4.78, 5) is 19.9. The number of fused-ring (bicyclic) bond motifs is 1. The molecule has 0 N–H and O–H groups in total. The highest BCUT2D eigenvalue weighted by atomic mass is 16.5. The maximum atomic E-state index is 12.2. The third kappa shape index (κ3) is 3.04. The number of rotatable bonds is 5. The summed E-state index contributed by atoms with van der Waals surface area (Å²) in [7, 11) is 1.81. The molecule has 0 unspecified atom stereocenters. The summed E-state index contributed by atoms with van der Waals surface area (Å²) in [6.45, 7) is 4.23. The van der Waals surface area contributed by atoms with E-state index in [1.54, 1.807) is 28.7 Å². The molecule has 0 bridgehead atoms. The number of hydrogen-bond donors (Lipinski definition) is 0. The number of amides is 2. The molecular formula is C21H21N7O2. The van der Waals surface area contributed by atoms with Gasteiger partial charge < -0.3 is 18.6 Å². The van der Waals surface area contributed by atoms with Gasteiger partial charge in [0.15, 0.2) is 11.6 Å². The van der Waals surface area contributed by atoms with Gasteiger partial charge in [0.05, 0.1) is 12.5 Å². The number of anilines is 1. The molecule has 3 aromatic heterocycles. The van der Waals surface area contributed by atoms with Crippen LogP contribution in [0.5, 0.6) is 11.5 Å². The summed E-state index contributed by atoms with van der Waals surface area (Å²) in [6, 6.07) is 9.50. The van der Waals surface area contributed by atoms with Crippen LogP contribution in [0.3, 0.4) is 0 Å². The lowest BCUT2D eigenvalue weighted by Crippen LogP contribution is -2.28. The minimum atomic E-state index is 0.0115. The Morgan fingerprint density at radius 3 is 2.70 bits per heavy atom. The van der Waals surface area contributed by atoms with Crippen molar-refractivity contribution in [1.29, 1.82) is 0 Å². The molecule has 4 aromatic rings. The molecule has 1 saturated heterocycles. The Morgan fingerprint density at radius 1 is 1.13 bits per heavy atom. The van der Waals surface area contributed by atoms with Gasteiger partial charge in [-0.3, -0.25) is 4.90 Å². The van der Waals surface area contributed by atoms with Crippen LogP contribution in [0.1, 0.15) is 6.92 Å². The van der Waals surface area contributed by atoms with Gasteiger partial charge in [-0.25, -0.2) is 9.78 Å². The lowest BCUT2D eigenvalue weighted by molar-refractivity contribution is 0.229. The van der Waals surface area contributed by atoms with E-state index in [0.717, 1.165) is 35.7 Å². The van der Waals surface area contributed by atoms with Crippen molar-refractivity contribution in [1.82, 2.24) is 29.0 Å². The van der Waals surface area contributed by atoms with Crippen LogP contribution >= 0.6 is 0 Å². The first-order chi connectivity index (χ1) is 14.6. The second-order valence-corrected chi connectivity index (χ2v) is 7.17. The first-order valence-corrected chi connectivity index (χ1v) is 9.78. The maximum absolute atomic E-state index is 12.2.